The van der Waals surface area contributed by atoms with Crippen molar-refractivity contribution in [2.45, 2.75) is 26.2 Å². The van der Waals surface area contributed by atoms with Gasteiger partial charge in [0.15, 0.2) is 5.69 Å². The van der Waals surface area contributed by atoms with E-state index < -0.39 is 11.8 Å². The normalized spacial score (nSPS) is 14.1. The van der Waals surface area contributed by atoms with Crippen LogP contribution in [0.2, 0.25) is 0 Å². The van der Waals surface area contributed by atoms with E-state index in [9.17, 15) is 18.8 Å². The monoisotopic (exact) mass is 485 g/mol. The topological polar surface area (TPSA) is 96.3 Å². The fraction of sp³-hybridized carbons (Fsp3) is 0.360. The second kappa shape index (κ2) is 9.91. The molecule has 1 aliphatic rings. The molecule has 0 bridgehead atoms. The number of nitrogens with one attached hydrogen (secondary N) is 3. The molecule has 0 radical (unpaired) electrons. The Hall–Kier alpha value is -3.66. The number of aryl methyl sites for hydroxylation is 1. The first-order valence-electron chi connectivity index (χ1n) is 11.5. The molecule has 186 valence electrons. The number of anilines is 2. The predicted octanol–water partition coefficient (Wildman–Crippen LogP) is 3.80. The number of aromatic nitrogens is 2. The maximum absolute atomic E-state index is 14.1. The third-order valence-electron chi connectivity index (χ3n) is 6.18. The Morgan fingerprint density at radius 2 is 1.97 bits per heavy atom. The molecule has 3 aromatic rings. The molecule has 3 N–H and O–H groups in total. The van der Waals surface area contributed by atoms with E-state index in [1.165, 1.54) is 31.2 Å². The van der Waals surface area contributed by atoms with Gasteiger partial charge < -0.3 is 25.5 Å². The van der Waals surface area contributed by atoms with Crippen molar-refractivity contribution in [1.29, 1.82) is 0 Å². The summed E-state index contributed by atoms with van der Waals surface area (Å²) in [5.41, 5.74) is 1.68. The number of amides is 1. The number of H-pyrrole nitrogens is 1. The van der Waals surface area contributed by atoms with Crippen LogP contribution in [0.5, 0.6) is 5.75 Å². The van der Waals surface area contributed by atoms with Gasteiger partial charge in [0.2, 0.25) is 5.69 Å². The minimum absolute atomic E-state index is 0.132. The van der Waals surface area contributed by atoms with E-state index in [-0.39, 0.29) is 29.2 Å². The van der Waals surface area contributed by atoms with Crippen LogP contribution in [0.25, 0.3) is 11.4 Å². The van der Waals surface area contributed by atoms with Crippen LogP contribution in [0, 0.1) is 12.1 Å². The first kappa shape index (κ1) is 24.5. The summed E-state index contributed by atoms with van der Waals surface area (Å²) in [6.07, 6.45) is -0.358. The summed E-state index contributed by atoms with van der Waals surface area (Å²) in [5, 5.41) is 19.1. The van der Waals surface area contributed by atoms with E-state index in [4.69, 9.17) is 4.74 Å². The number of piperazine rings is 1. The Labute approximate surface area is 202 Å². The number of ether oxygens (including phenoxy) is 1. The summed E-state index contributed by atoms with van der Waals surface area (Å²) < 4.78 is 34.2. The van der Waals surface area contributed by atoms with E-state index in [0.29, 0.717) is 21.7 Å². The van der Waals surface area contributed by atoms with Crippen molar-refractivity contribution < 1.29 is 23.0 Å². The van der Waals surface area contributed by atoms with Crippen LogP contribution >= 0.6 is 0 Å². The van der Waals surface area contributed by atoms with Crippen LogP contribution in [-0.2, 0) is 5.92 Å². The molecular weight excluding hydrogens is 456 g/mol. The smallest absolute Gasteiger partial charge is 0.300 e. The third-order valence-corrected chi connectivity index (χ3v) is 6.18. The molecule has 1 saturated heterocycles. The lowest BCUT2D eigenvalue weighted by Crippen LogP contribution is -2.43. The standard InChI is InChI=1S/C25H29F2N5O3/c1-4-25(26,27)18-6-5-7-19(15-18)30-24(33)22-16(2)29-23(32(22)34)17-8-9-21(35-3)20(14-17)31-12-10-28-11-13-31/h5-9,14-15,28-29H,4,10-13H2,1-3H3,(H,30,33). The maximum atomic E-state index is 14.1. The Kier molecular flexibility index (Phi) is 6.93. The quantitative estimate of drug-likeness (QED) is 0.350. The number of aromatic amines is 1. The average molecular weight is 486 g/mol. The van der Waals surface area contributed by atoms with Gasteiger partial charge in [0.1, 0.15) is 5.75 Å². The van der Waals surface area contributed by atoms with Gasteiger partial charge in [0.05, 0.1) is 18.4 Å². The van der Waals surface area contributed by atoms with Crippen LogP contribution in [0.1, 0.15) is 35.1 Å². The number of alkyl halides is 2. The van der Waals surface area contributed by atoms with Crippen molar-refractivity contribution in [2.75, 3.05) is 43.5 Å². The van der Waals surface area contributed by atoms with E-state index in [1.807, 2.05) is 6.07 Å². The van der Waals surface area contributed by atoms with Gasteiger partial charge in [-0.2, -0.15) is 0 Å². The largest absolute Gasteiger partial charge is 0.710 e. The van der Waals surface area contributed by atoms with E-state index >= 15 is 0 Å². The summed E-state index contributed by atoms with van der Waals surface area (Å²) in [7, 11) is 1.60. The van der Waals surface area contributed by atoms with Crippen LogP contribution in [0.15, 0.2) is 42.5 Å². The third kappa shape index (κ3) is 4.93. The lowest BCUT2D eigenvalue weighted by Gasteiger charge is -2.30. The average Bonchev–Trinajstić information content (AvgIpc) is 3.18. The van der Waals surface area contributed by atoms with Crippen molar-refractivity contribution in [3.63, 3.8) is 0 Å². The molecule has 0 spiro atoms. The summed E-state index contributed by atoms with van der Waals surface area (Å²) in [4.78, 5) is 18.2. The summed E-state index contributed by atoms with van der Waals surface area (Å²) in [6, 6.07) is 10.9. The van der Waals surface area contributed by atoms with Crippen LogP contribution in [0.3, 0.4) is 0 Å². The fourth-order valence-electron chi connectivity index (χ4n) is 4.21. The summed E-state index contributed by atoms with van der Waals surface area (Å²) >= 11 is 0. The molecule has 1 aliphatic heterocycles. The number of imidazole rings is 1. The Morgan fingerprint density at radius 1 is 1.23 bits per heavy atom. The zero-order chi connectivity index (χ0) is 25.2. The molecule has 2 aromatic carbocycles. The van der Waals surface area contributed by atoms with Gasteiger partial charge in [-0.25, -0.2) is 18.5 Å². The van der Waals surface area contributed by atoms with Crippen molar-refractivity contribution in [3.8, 4) is 17.1 Å². The molecule has 0 unspecified atom stereocenters. The predicted molar refractivity (Wildman–Crippen MR) is 130 cm³/mol. The number of hydrogen-bond donors (Lipinski definition) is 3. The van der Waals surface area contributed by atoms with Gasteiger partial charge in [0, 0.05) is 50.8 Å². The van der Waals surface area contributed by atoms with Gasteiger partial charge in [-0.3, -0.25) is 4.79 Å². The van der Waals surface area contributed by atoms with E-state index in [0.717, 1.165) is 31.9 Å². The zero-order valence-corrected chi connectivity index (χ0v) is 20.0. The molecule has 0 saturated carbocycles. The van der Waals surface area contributed by atoms with Gasteiger partial charge in [0.25, 0.3) is 17.7 Å². The number of methoxy groups -OCH3 is 1. The van der Waals surface area contributed by atoms with Crippen molar-refractivity contribution in [2.24, 2.45) is 0 Å². The molecule has 35 heavy (non-hydrogen) atoms. The Morgan fingerprint density at radius 3 is 2.66 bits per heavy atom. The lowest BCUT2D eigenvalue weighted by atomic mass is 10.1. The van der Waals surface area contributed by atoms with Gasteiger partial charge in [-0.05, 0) is 30.3 Å². The molecule has 4 rings (SSSR count). The highest BCUT2D eigenvalue weighted by atomic mass is 19.3. The number of nitrogens with zero attached hydrogens (tertiary/aromatic N) is 2. The minimum Gasteiger partial charge on any atom is -0.710 e. The second-order valence-corrected chi connectivity index (χ2v) is 8.46. The minimum atomic E-state index is -3.01. The highest BCUT2D eigenvalue weighted by molar-refractivity contribution is 6.02. The van der Waals surface area contributed by atoms with Gasteiger partial charge in [-0.1, -0.05) is 19.1 Å². The van der Waals surface area contributed by atoms with Crippen molar-refractivity contribution in [1.82, 2.24) is 10.3 Å². The SMILES string of the molecule is CCC(F)(F)c1cccc(NC(=O)c2c(C)[nH]c(-c3ccc(OC)c(N4CCNCC4)c3)[n+]2[O-])c1. The molecule has 10 heteroatoms. The molecule has 8 nitrogen and oxygen atoms in total. The van der Waals surface area contributed by atoms with Gasteiger partial charge in [-0.15, -0.1) is 0 Å². The lowest BCUT2D eigenvalue weighted by molar-refractivity contribution is -0.594. The number of carbonyl (C=O) groups is 1. The number of halogens is 2. The molecule has 1 amide bonds. The van der Waals surface area contributed by atoms with E-state index in [2.05, 4.69) is 20.5 Å². The Bertz CT molecular complexity index is 1220. The number of hydrogen-bond acceptors (Lipinski definition) is 5. The molecule has 1 fully saturated rings. The molecule has 2 heterocycles. The van der Waals surface area contributed by atoms with Gasteiger partial charge >= 0.3 is 0 Å². The second-order valence-electron chi connectivity index (χ2n) is 8.46. The summed E-state index contributed by atoms with van der Waals surface area (Å²) in [5.74, 6) is -2.80. The summed E-state index contributed by atoms with van der Waals surface area (Å²) in [6.45, 7) is 6.28. The van der Waals surface area contributed by atoms with Crippen molar-refractivity contribution >= 4 is 17.3 Å². The number of carbonyl (C=O) groups excluding carboxylic acids is 1. The maximum Gasteiger partial charge on any atom is 0.300 e. The number of rotatable bonds is 7. The zero-order valence-electron chi connectivity index (χ0n) is 20.0. The first-order valence-corrected chi connectivity index (χ1v) is 11.5. The fourth-order valence-corrected chi connectivity index (χ4v) is 4.21. The van der Waals surface area contributed by atoms with Crippen LogP contribution in [0.4, 0.5) is 20.2 Å². The molecular formula is C25H29F2N5O3. The highest BCUT2D eigenvalue weighted by Crippen LogP contribution is 2.34. The first-order chi connectivity index (χ1) is 16.7. The van der Waals surface area contributed by atoms with E-state index in [1.54, 1.807) is 26.2 Å². The van der Waals surface area contributed by atoms with Crippen molar-refractivity contribution in [3.05, 3.63) is 64.6 Å². The number of benzene rings is 2. The molecule has 1 aromatic heterocycles. The molecule has 0 aliphatic carbocycles. The Balaban J connectivity index is 1.64. The molecule has 0 atom stereocenters. The van der Waals surface area contributed by atoms with Crippen LogP contribution < -0.4 is 25.0 Å². The highest BCUT2D eigenvalue weighted by Gasteiger charge is 2.30. The van der Waals surface area contributed by atoms with Crippen LogP contribution in [-0.4, -0.2) is 44.2 Å².